The number of hydrogen-bond donors (Lipinski definition) is 3. The van der Waals surface area contributed by atoms with E-state index in [0.717, 1.165) is 31.2 Å². The van der Waals surface area contributed by atoms with E-state index in [0.29, 0.717) is 6.42 Å². The van der Waals surface area contributed by atoms with Crippen molar-refractivity contribution in [3.05, 3.63) is 0 Å². The van der Waals surface area contributed by atoms with Crippen LogP contribution in [0.4, 0.5) is 0 Å². The summed E-state index contributed by atoms with van der Waals surface area (Å²) >= 11 is 0.964. The van der Waals surface area contributed by atoms with E-state index >= 15 is 0 Å². The summed E-state index contributed by atoms with van der Waals surface area (Å²) in [6.45, 7) is 3.40. The third-order valence-electron chi connectivity index (χ3n) is 3.58. The van der Waals surface area contributed by atoms with Crippen molar-refractivity contribution in [2.75, 3.05) is 12.9 Å². The van der Waals surface area contributed by atoms with Gasteiger partial charge in [-0.15, -0.1) is 0 Å². The molecule has 0 aromatic rings. The summed E-state index contributed by atoms with van der Waals surface area (Å²) in [5.74, 6) is -1.15. The van der Waals surface area contributed by atoms with Gasteiger partial charge in [-0.25, -0.2) is 4.79 Å². The molecule has 0 aliphatic heterocycles. The van der Waals surface area contributed by atoms with E-state index in [1.54, 1.807) is 0 Å². The fraction of sp³-hybridized carbons (Fsp3) is 0.750. The predicted octanol–water partition coefficient (Wildman–Crippen LogP) is 0.685. The highest BCUT2D eigenvalue weighted by molar-refractivity contribution is 7.97. The molecule has 0 aromatic carbocycles. The number of ketones is 1. The van der Waals surface area contributed by atoms with Crippen LogP contribution in [0.2, 0.25) is 0 Å². The van der Waals surface area contributed by atoms with Crippen LogP contribution in [0.3, 0.4) is 0 Å². The van der Waals surface area contributed by atoms with Gasteiger partial charge in [0.25, 0.3) is 0 Å². The van der Waals surface area contributed by atoms with Crippen LogP contribution in [-0.4, -0.2) is 48.5 Å². The van der Waals surface area contributed by atoms with Gasteiger partial charge in [0.15, 0.2) is 5.78 Å². The lowest BCUT2D eigenvalue weighted by Gasteiger charge is -2.18. The lowest BCUT2D eigenvalue weighted by atomic mass is 10.1. The van der Waals surface area contributed by atoms with Crippen molar-refractivity contribution < 1.29 is 23.9 Å². The van der Waals surface area contributed by atoms with Crippen LogP contribution in [0, 0.1) is 0 Å². The van der Waals surface area contributed by atoms with Crippen molar-refractivity contribution >= 4 is 35.5 Å². The molecule has 0 aromatic heterocycles. The Morgan fingerprint density at radius 3 is 2.16 bits per heavy atom. The van der Waals surface area contributed by atoms with Crippen molar-refractivity contribution in [1.29, 1.82) is 0 Å². The third kappa shape index (κ3) is 10.8. The van der Waals surface area contributed by atoms with Crippen LogP contribution in [0.15, 0.2) is 0 Å². The zero-order chi connectivity index (χ0) is 19.2. The molecule has 8 nitrogen and oxygen atoms in total. The van der Waals surface area contributed by atoms with Gasteiger partial charge in [-0.1, -0.05) is 31.7 Å². The van der Waals surface area contributed by atoms with Crippen LogP contribution in [0.1, 0.15) is 52.4 Å². The maximum absolute atomic E-state index is 12.0. The van der Waals surface area contributed by atoms with E-state index in [-0.39, 0.29) is 36.2 Å². The number of hydrogen-bond acceptors (Lipinski definition) is 7. The Hall–Kier alpha value is -1.61. The Bertz CT molecular complexity index is 459. The maximum Gasteiger partial charge on any atom is 0.328 e. The van der Waals surface area contributed by atoms with E-state index in [4.69, 9.17) is 5.14 Å². The Labute approximate surface area is 153 Å². The fourth-order valence-corrected chi connectivity index (χ4v) is 2.60. The van der Waals surface area contributed by atoms with E-state index in [2.05, 4.69) is 15.4 Å². The van der Waals surface area contributed by atoms with Gasteiger partial charge in [-0.05, 0) is 19.8 Å². The normalized spacial score (nSPS) is 12.8. The number of amides is 2. The van der Waals surface area contributed by atoms with Crippen molar-refractivity contribution in [2.24, 2.45) is 5.14 Å². The van der Waals surface area contributed by atoms with Crippen LogP contribution in [0.5, 0.6) is 0 Å². The quantitative estimate of drug-likeness (QED) is 0.245. The lowest BCUT2D eigenvalue weighted by molar-refractivity contribution is -0.145. The molecule has 0 aliphatic rings. The molecular weight excluding hydrogens is 346 g/mol. The second-order valence-electron chi connectivity index (χ2n) is 5.70. The lowest BCUT2D eigenvalue weighted by Crippen LogP contribution is -2.44. The molecule has 25 heavy (non-hydrogen) atoms. The summed E-state index contributed by atoms with van der Waals surface area (Å²) in [6.07, 6.45) is 3.07. The molecule has 0 bridgehead atoms. The first kappa shape index (κ1) is 23.4. The van der Waals surface area contributed by atoms with Crippen molar-refractivity contribution in [2.45, 2.75) is 64.5 Å². The summed E-state index contributed by atoms with van der Waals surface area (Å²) in [6, 6.07) is -1.55. The summed E-state index contributed by atoms with van der Waals surface area (Å²) in [7, 11) is 1.23. The fourth-order valence-electron chi connectivity index (χ4n) is 2.09. The van der Waals surface area contributed by atoms with Crippen molar-refractivity contribution in [1.82, 2.24) is 10.6 Å². The molecule has 2 unspecified atom stereocenters. The van der Waals surface area contributed by atoms with Crippen LogP contribution < -0.4 is 15.8 Å². The minimum absolute atomic E-state index is 0.0198. The average molecular weight is 375 g/mol. The monoisotopic (exact) mass is 375 g/mol. The zero-order valence-electron chi connectivity index (χ0n) is 15.1. The highest BCUT2D eigenvalue weighted by atomic mass is 32.2. The average Bonchev–Trinajstić information content (AvgIpc) is 2.57. The molecule has 9 heteroatoms. The summed E-state index contributed by atoms with van der Waals surface area (Å²) < 4.78 is 4.67. The van der Waals surface area contributed by atoms with Crippen LogP contribution in [-0.2, 0) is 23.9 Å². The minimum atomic E-state index is -0.885. The molecule has 0 saturated carbocycles. The molecule has 0 saturated heterocycles. The number of nitrogens with two attached hydrogens (primary N) is 1. The van der Waals surface area contributed by atoms with Gasteiger partial charge in [0.05, 0.1) is 13.2 Å². The molecule has 2 atom stereocenters. The van der Waals surface area contributed by atoms with E-state index < -0.39 is 18.1 Å². The number of nitrogens with one attached hydrogen (secondary N) is 2. The maximum atomic E-state index is 12.0. The number of methoxy groups -OCH3 is 1. The summed E-state index contributed by atoms with van der Waals surface area (Å²) in [4.78, 5) is 47.0. The minimum Gasteiger partial charge on any atom is -0.467 e. The van der Waals surface area contributed by atoms with Gasteiger partial charge in [-0.2, -0.15) is 0 Å². The first-order chi connectivity index (χ1) is 11.8. The van der Waals surface area contributed by atoms with Gasteiger partial charge in [-0.3, -0.25) is 19.5 Å². The number of esters is 1. The number of ether oxygens (including phenoxy) is 1. The molecule has 0 fully saturated rings. The Morgan fingerprint density at radius 1 is 1.04 bits per heavy atom. The third-order valence-corrected chi connectivity index (χ3v) is 4.10. The first-order valence-corrected chi connectivity index (χ1v) is 9.39. The number of carbonyl (C=O) groups is 4. The van der Waals surface area contributed by atoms with Crippen molar-refractivity contribution in [3.8, 4) is 0 Å². The van der Waals surface area contributed by atoms with Crippen molar-refractivity contribution in [3.63, 3.8) is 0 Å². The van der Waals surface area contributed by atoms with E-state index in [9.17, 15) is 19.2 Å². The standard InChI is InChI=1S/C16H29N3O5S/c1-4-5-6-7-14(21)18-12(16(23)24-3)8-9-15(22)19-13(10-25-17)11(2)20/h12-13H,4-10,17H2,1-3H3,(H,18,21)(H,19,22). The summed E-state index contributed by atoms with van der Waals surface area (Å²) in [5, 5.41) is 10.5. The first-order valence-electron chi connectivity index (χ1n) is 8.34. The molecule has 0 aliphatic carbocycles. The molecule has 0 rings (SSSR count). The molecule has 0 radical (unpaired) electrons. The second kappa shape index (κ2) is 13.7. The van der Waals surface area contributed by atoms with Gasteiger partial charge in [0, 0.05) is 18.6 Å². The molecule has 4 N–H and O–H groups in total. The number of Topliss-reactive ketones (excluding diaryl/α,β-unsaturated/α-hetero) is 1. The number of carbonyl (C=O) groups excluding carboxylic acids is 4. The number of unbranched alkanes of at least 4 members (excludes halogenated alkanes) is 2. The molecular formula is C16H29N3O5S. The van der Waals surface area contributed by atoms with E-state index in [1.165, 1.54) is 14.0 Å². The molecule has 0 spiro atoms. The van der Waals surface area contributed by atoms with Gasteiger partial charge < -0.3 is 15.4 Å². The summed E-state index contributed by atoms with van der Waals surface area (Å²) in [5.41, 5.74) is 0. The highest BCUT2D eigenvalue weighted by Crippen LogP contribution is 2.05. The largest absolute Gasteiger partial charge is 0.467 e. The molecule has 144 valence electrons. The zero-order valence-corrected chi connectivity index (χ0v) is 15.9. The van der Waals surface area contributed by atoms with Gasteiger partial charge >= 0.3 is 5.97 Å². The topological polar surface area (TPSA) is 128 Å². The van der Waals surface area contributed by atoms with Gasteiger partial charge in [0.1, 0.15) is 6.04 Å². The Morgan fingerprint density at radius 2 is 1.64 bits per heavy atom. The molecule has 2 amide bonds. The Balaban J connectivity index is 4.51. The van der Waals surface area contributed by atoms with Gasteiger partial charge in [0.2, 0.25) is 11.8 Å². The molecule has 0 heterocycles. The van der Waals surface area contributed by atoms with Crippen LogP contribution in [0.25, 0.3) is 0 Å². The SMILES string of the molecule is CCCCCC(=O)NC(CCC(=O)NC(CSN)C(C)=O)C(=O)OC. The number of rotatable bonds is 13. The smallest absolute Gasteiger partial charge is 0.328 e. The highest BCUT2D eigenvalue weighted by Gasteiger charge is 2.23. The predicted molar refractivity (Wildman–Crippen MR) is 96.6 cm³/mol. The van der Waals surface area contributed by atoms with Crippen LogP contribution >= 0.6 is 11.9 Å². The van der Waals surface area contributed by atoms with E-state index in [1.807, 2.05) is 6.92 Å². The second-order valence-corrected chi connectivity index (χ2v) is 6.37. The Kier molecular flexibility index (Phi) is 12.8.